The summed E-state index contributed by atoms with van der Waals surface area (Å²) in [5.41, 5.74) is 0.918. The SMILES string of the molecule is Clc1ccc(Nc2ncncc2I)c(Br)c1. The third-order valence-electron chi connectivity index (χ3n) is 1.85. The van der Waals surface area contributed by atoms with E-state index in [-0.39, 0.29) is 0 Å². The van der Waals surface area contributed by atoms with Crippen LogP contribution in [0.3, 0.4) is 0 Å². The smallest absolute Gasteiger partial charge is 0.147 e. The van der Waals surface area contributed by atoms with Crippen molar-refractivity contribution in [1.29, 1.82) is 0 Å². The third kappa shape index (κ3) is 2.83. The number of nitrogens with one attached hydrogen (secondary N) is 1. The van der Waals surface area contributed by atoms with Crippen LogP contribution in [-0.2, 0) is 0 Å². The fourth-order valence-corrected chi connectivity index (χ4v) is 2.34. The van der Waals surface area contributed by atoms with Gasteiger partial charge in [0.1, 0.15) is 12.1 Å². The molecule has 82 valence electrons. The maximum atomic E-state index is 5.87. The van der Waals surface area contributed by atoms with Crippen LogP contribution < -0.4 is 5.32 Å². The van der Waals surface area contributed by atoms with Crippen molar-refractivity contribution in [3.8, 4) is 0 Å². The van der Waals surface area contributed by atoms with Gasteiger partial charge in [0, 0.05) is 15.7 Å². The van der Waals surface area contributed by atoms with E-state index in [4.69, 9.17) is 11.6 Å². The van der Waals surface area contributed by atoms with E-state index in [2.05, 4.69) is 53.8 Å². The van der Waals surface area contributed by atoms with Gasteiger partial charge in [-0.05, 0) is 56.7 Å². The van der Waals surface area contributed by atoms with E-state index in [1.807, 2.05) is 18.2 Å². The summed E-state index contributed by atoms with van der Waals surface area (Å²) in [5, 5.41) is 3.89. The molecular formula is C10H6BrClIN3. The molecule has 0 saturated carbocycles. The van der Waals surface area contributed by atoms with Crippen LogP contribution in [0.4, 0.5) is 11.5 Å². The van der Waals surface area contributed by atoms with Gasteiger partial charge in [-0.15, -0.1) is 0 Å². The van der Waals surface area contributed by atoms with E-state index in [0.717, 1.165) is 19.5 Å². The van der Waals surface area contributed by atoms with Crippen molar-refractivity contribution in [3.05, 3.63) is 43.8 Å². The van der Waals surface area contributed by atoms with E-state index in [1.165, 1.54) is 6.33 Å². The number of benzene rings is 1. The Morgan fingerprint density at radius 1 is 1.38 bits per heavy atom. The predicted molar refractivity (Wildman–Crippen MR) is 77.2 cm³/mol. The van der Waals surface area contributed by atoms with E-state index < -0.39 is 0 Å². The Morgan fingerprint density at radius 3 is 2.88 bits per heavy atom. The second-order valence-corrected chi connectivity index (χ2v) is 5.42. The number of hydrogen-bond donors (Lipinski definition) is 1. The minimum atomic E-state index is 0.690. The van der Waals surface area contributed by atoms with Crippen LogP contribution in [0.1, 0.15) is 0 Å². The second kappa shape index (κ2) is 5.29. The van der Waals surface area contributed by atoms with Crippen LogP contribution in [0, 0.1) is 3.57 Å². The first kappa shape index (κ1) is 12.1. The Hall–Kier alpha value is -0.400. The minimum absolute atomic E-state index is 0.690. The Morgan fingerprint density at radius 2 is 2.19 bits per heavy atom. The molecule has 1 N–H and O–H groups in total. The molecule has 1 aromatic heterocycles. The first-order valence-electron chi connectivity index (χ1n) is 4.34. The van der Waals surface area contributed by atoms with Crippen molar-refractivity contribution < 1.29 is 0 Å². The van der Waals surface area contributed by atoms with Gasteiger partial charge in [-0.25, -0.2) is 9.97 Å². The van der Waals surface area contributed by atoms with Gasteiger partial charge in [0.2, 0.25) is 0 Å². The first-order valence-corrected chi connectivity index (χ1v) is 6.59. The molecule has 0 unspecified atom stereocenters. The molecule has 0 saturated heterocycles. The standard InChI is InChI=1S/C10H6BrClIN3/c11-7-3-6(12)1-2-9(7)16-10-8(13)4-14-5-15-10/h1-5H,(H,14,15,16). The van der Waals surface area contributed by atoms with Gasteiger partial charge < -0.3 is 5.32 Å². The summed E-state index contributed by atoms with van der Waals surface area (Å²) >= 11 is 11.5. The first-order chi connectivity index (χ1) is 7.66. The van der Waals surface area contributed by atoms with Crippen molar-refractivity contribution in [2.75, 3.05) is 5.32 Å². The molecule has 6 heteroatoms. The molecule has 0 aliphatic rings. The molecule has 0 atom stereocenters. The molecule has 0 spiro atoms. The number of anilines is 2. The molecule has 0 aliphatic carbocycles. The molecule has 2 aromatic rings. The van der Waals surface area contributed by atoms with Gasteiger partial charge in [0.25, 0.3) is 0 Å². The fraction of sp³-hybridized carbons (Fsp3) is 0. The number of halogens is 3. The van der Waals surface area contributed by atoms with E-state index >= 15 is 0 Å². The predicted octanol–water partition coefficient (Wildman–Crippen LogP) is 4.24. The van der Waals surface area contributed by atoms with Crippen molar-refractivity contribution in [3.63, 3.8) is 0 Å². The molecule has 1 aromatic carbocycles. The van der Waals surface area contributed by atoms with Crippen LogP contribution in [-0.4, -0.2) is 9.97 Å². The summed E-state index contributed by atoms with van der Waals surface area (Å²) < 4.78 is 1.86. The van der Waals surface area contributed by atoms with Crippen molar-refractivity contribution in [2.45, 2.75) is 0 Å². The molecule has 2 rings (SSSR count). The van der Waals surface area contributed by atoms with Crippen molar-refractivity contribution in [1.82, 2.24) is 9.97 Å². The largest absolute Gasteiger partial charge is 0.338 e. The lowest BCUT2D eigenvalue weighted by Gasteiger charge is -2.08. The van der Waals surface area contributed by atoms with Gasteiger partial charge >= 0.3 is 0 Å². The number of rotatable bonds is 2. The number of nitrogens with zero attached hydrogens (tertiary/aromatic N) is 2. The van der Waals surface area contributed by atoms with Gasteiger partial charge in [-0.2, -0.15) is 0 Å². The fourth-order valence-electron chi connectivity index (χ4n) is 1.12. The maximum absolute atomic E-state index is 5.87. The Labute approximate surface area is 120 Å². The van der Waals surface area contributed by atoms with Gasteiger partial charge in [-0.3, -0.25) is 0 Å². The average molecular weight is 410 g/mol. The maximum Gasteiger partial charge on any atom is 0.147 e. The zero-order valence-electron chi connectivity index (χ0n) is 7.92. The summed E-state index contributed by atoms with van der Waals surface area (Å²) in [5.74, 6) is 0.777. The molecule has 0 fully saturated rings. The monoisotopic (exact) mass is 409 g/mol. The summed E-state index contributed by atoms with van der Waals surface area (Å²) in [4.78, 5) is 8.09. The molecule has 0 bridgehead atoms. The molecule has 16 heavy (non-hydrogen) atoms. The third-order valence-corrected chi connectivity index (χ3v) is 3.53. The zero-order valence-corrected chi connectivity index (χ0v) is 12.4. The molecule has 0 amide bonds. The zero-order chi connectivity index (χ0) is 11.5. The Balaban J connectivity index is 2.31. The Kier molecular flexibility index (Phi) is 3.99. The number of aromatic nitrogens is 2. The lowest BCUT2D eigenvalue weighted by Crippen LogP contribution is -1.97. The summed E-state index contributed by atoms with van der Waals surface area (Å²) in [6, 6.07) is 5.55. The van der Waals surface area contributed by atoms with E-state index in [1.54, 1.807) is 6.20 Å². The highest BCUT2D eigenvalue weighted by Gasteiger charge is 2.04. The lowest BCUT2D eigenvalue weighted by molar-refractivity contribution is 1.15. The molecule has 3 nitrogen and oxygen atoms in total. The normalized spacial score (nSPS) is 10.2. The lowest BCUT2D eigenvalue weighted by atomic mass is 10.3. The van der Waals surface area contributed by atoms with Gasteiger partial charge in [-0.1, -0.05) is 11.6 Å². The van der Waals surface area contributed by atoms with Crippen molar-refractivity contribution >= 4 is 61.6 Å². The van der Waals surface area contributed by atoms with Crippen molar-refractivity contribution in [2.24, 2.45) is 0 Å². The van der Waals surface area contributed by atoms with Crippen LogP contribution >= 0.6 is 50.1 Å². The molecule has 0 radical (unpaired) electrons. The van der Waals surface area contributed by atoms with Crippen LogP contribution in [0.25, 0.3) is 0 Å². The topological polar surface area (TPSA) is 37.8 Å². The molecular weight excluding hydrogens is 404 g/mol. The highest BCUT2D eigenvalue weighted by molar-refractivity contribution is 14.1. The van der Waals surface area contributed by atoms with Crippen LogP contribution in [0.5, 0.6) is 0 Å². The summed E-state index contributed by atoms with van der Waals surface area (Å²) in [7, 11) is 0. The molecule has 1 heterocycles. The minimum Gasteiger partial charge on any atom is -0.338 e. The quantitative estimate of drug-likeness (QED) is 0.753. The van der Waals surface area contributed by atoms with E-state index in [0.29, 0.717) is 5.02 Å². The van der Waals surface area contributed by atoms with Crippen LogP contribution in [0.2, 0.25) is 5.02 Å². The second-order valence-electron chi connectivity index (χ2n) is 2.97. The summed E-state index contributed by atoms with van der Waals surface area (Å²) in [6.45, 7) is 0. The highest BCUT2D eigenvalue weighted by Crippen LogP contribution is 2.29. The highest BCUT2D eigenvalue weighted by atomic mass is 127. The summed E-state index contributed by atoms with van der Waals surface area (Å²) in [6.07, 6.45) is 3.26. The average Bonchev–Trinajstić information content (AvgIpc) is 2.25. The van der Waals surface area contributed by atoms with Gasteiger partial charge in [0.15, 0.2) is 0 Å². The molecule has 0 aliphatic heterocycles. The number of hydrogen-bond acceptors (Lipinski definition) is 3. The van der Waals surface area contributed by atoms with E-state index in [9.17, 15) is 0 Å². The van der Waals surface area contributed by atoms with Gasteiger partial charge in [0.05, 0.1) is 9.26 Å². The van der Waals surface area contributed by atoms with Crippen LogP contribution in [0.15, 0.2) is 35.2 Å². The Bertz CT molecular complexity index is 521.